The monoisotopic (exact) mass is 252 g/mol. The minimum absolute atomic E-state index is 0.0319. The molecule has 1 amide bonds. The first-order valence-corrected chi connectivity index (χ1v) is 6.49. The van der Waals surface area contributed by atoms with Crippen molar-refractivity contribution in [3.8, 4) is 6.07 Å². The lowest BCUT2D eigenvalue weighted by atomic mass is 10.1. The first-order valence-electron chi connectivity index (χ1n) is 6.49. The Balaban J connectivity index is 2.32. The van der Waals surface area contributed by atoms with Gasteiger partial charge in [0.1, 0.15) is 0 Å². The van der Waals surface area contributed by atoms with Crippen LogP contribution in [0.15, 0.2) is 0 Å². The quantitative estimate of drug-likeness (QED) is 0.791. The van der Waals surface area contributed by atoms with Crippen molar-refractivity contribution < 1.29 is 4.79 Å². The highest BCUT2D eigenvalue weighted by Gasteiger charge is 2.23. The molecular weight excluding hydrogens is 228 g/mol. The number of nitrogens with one attached hydrogen (secondary N) is 1. The smallest absolute Gasteiger partial charge is 0.234 e. The third kappa shape index (κ3) is 5.03. The lowest BCUT2D eigenvalue weighted by Gasteiger charge is -2.35. The molecule has 0 aromatic carbocycles. The minimum Gasteiger partial charge on any atom is -0.350 e. The second-order valence-corrected chi connectivity index (χ2v) is 5.92. The summed E-state index contributed by atoms with van der Waals surface area (Å²) in [6.45, 7) is 11.7. The Bertz CT molecular complexity index is 321. The van der Waals surface area contributed by atoms with Gasteiger partial charge in [0.2, 0.25) is 5.91 Å². The molecule has 1 atom stereocenters. The van der Waals surface area contributed by atoms with Crippen LogP contribution in [0.2, 0.25) is 0 Å². The number of nitrogens with zero attached hydrogens (tertiary/aromatic N) is 3. The molecule has 0 radical (unpaired) electrons. The summed E-state index contributed by atoms with van der Waals surface area (Å²) in [6.07, 6.45) is 0. The molecule has 1 rings (SSSR count). The fourth-order valence-corrected chi connectivity index (χ4v) is 2.05. The summed E-state index contributed by atoms with van der Waals surface area (Å²) in [5.74, 6) is 0.0734. The maximum atomic E-state index is 11.8. The van der Waals surface area contributed by atoms with Crippen molar-refractivity contribution in [2.45, 2.75) is 39.3 Å². The summed E-state index contributed by atoms with van der Waals surface area (Å²) in [5.41, 5.74) is -0.172. The average molecular weight is 252 g/mol. The van der Waals surface area contributed by atoms with Gasteiger partial charge in [0.05, 0.1) is 18.7 Å². The van der Waals surface area contributed by atoms with E-state index in [9.17, 15) is 4.79 Å². The van der Waals surface area contributed by atoms with Crippen molar-refractivity contribution >= 4 is 5.91 Å². The van der Waals surface area contributed by atoms with E-state index in [0.717, 1.165) is 26.2 Å². The van der Waals surface area contributed by atoms with Gasteiger partial charge in [0.25, 0.3) is 0 Å². The Kier molecular flexibility index (Phi) is 5.12. The van der Waals surface area contributed by atoms with Crippen molar-refractivity contribution in [1.82, 2.24) is 15.1 Å². The number of nitriles is 1. The van der Waals surface area contributed by atoms with Gasteiger partial charge in [-0.15, -0.1) is 0 Å². The number of piperazine rings is 1. The van der Waals surface area contributed by atoms with Crippen LogP contribution in [0.3, 0.4) is 0 Å². The fourth-order valence-electron chi connectivity index (χ4n) is 2.05. The summed E-state index contributed by atoms with van der Waals surface area (Å²) in [6, 6.07) is 2.22. The Hall–Kier alpha value is -1.12. The zero-order chi connectivity index (χ0) is 13.8. The summed E-state index contributed by atoms with van der Waals surface area (Å²) >= 11 is 0. The maximum absolute atomic E-state index is 11.8. The van der Waals surface area contributed by atoms with E-state index in [1.165, 1.54) is 0 Å². The highest BCUT2D eigenvalue weighted by atomic mass is 16.2. The Labute approximate surface area is 110 Å². The summed E-state index contributed by atoms with van der Waals surface area (Å²) in [5, 5.41) is 11.8. The van der Waals surface area contributed by atoms with Crippen LogP contribution < -0.4 is 5.32 Å². The summed E-state index contributed by atoms with van der Waals surface area (Å²) in [7, 11) is 0. The molecule has 1 N–H and O–H groups in total. The SMILES string of the molecule is CC(C#N)N1CCN(CC(=O)NC(C)(C)C)CC1. The molecule has 102 valence electrons. The van der Waals surface area contributed by atoms with Crippen molar-refractivity contribution in [3.63, 3.8) is 0 Å². The molecule has 1 aliphatic heterocycles. The van der Waals surface area contributed by atoms with Gasteiger partial charge in [-0.1, -0.05) is 0 Å². The van der Waals surface area contributed by atoms with Crippen molar-refractivity contribution in [2.75, 3.05) is 32.7 Å². The van der Waals surface area contributed by atoms with E-state index in [0.29, 0.717) is 6.54 Å². The molecule has 0 saturated carbocycles. The predicted octanol–water partition coefficient (Wildman–Crippen LogP) is 0.431. The predicted molar refractivity (Wildman–Crippen MR) is 71.0 cm³/mol. The molecule has 0 aromatic heterocycles. The number of rotatable bonds is 3. The van der Waals surface area contributed by atoms with Crippen LogP contribution in [0.25, 0.3) is 0 Å². The number of hydrogen-bond acceptors (Lipinski definition) is 4. The van der Waals surface area contributed by atoms with Crippen molar-refractivity contribution in [1.29, 1.82) is 5.26 Å². The van der Waals surface area contributed by atoms with Gasteiger partial charge in [-0.05, 0) is 27.7 Å². The minimum atomic E-state index is -0.172. The number of amides is 1. The zero-order valence-electron chi connectivity index (χ0n) is 11.9. The van der Waals surface area contributed by atoms with Gasteiger partial charge in [-0.3, -0.25) is 14.6 Å². The molecule has 1 unspecified atom stereocenters. The van der Waals surface area contributed by atoms with Crippen LogP contribution in [0.1, 0.15) is 27.7 Å². The van der Waals surface area contributed by atoms with Gasteiger partial charge in [-0.25, -0.2) is 0 Å². The third-order valence-corrected chi connectivity index (χ3v) is 3.02. The van der Waals surface area contributed by atoms with Crippen LogP contribution in [0.4, 0.5) is 0 Å². The normalized spacial score (nSPS) is 20.2. The molecule has 0 aromatic rings. The molecule has 0 bridgehead atoms. The largest absolute Gasteiger partial charge is 0.350 e. The van der Waals surface area contributed by atoms with Gasteiger partial charge >= 0.3 is 0 Å². The van der Waals surface area contributed by atoms with E-state index in [4.69, 9.17) is 5.26 Å². The van der Waals surface area contributed by atoms with Crippen molar-refractivity contribution in [3.05, 3.63) is 0 Å². The van der Waals surface area contributed by atoms with Crippen LogP contribution in [0.5, 0.6) is 0 Å². The molecule has 1 saturated heterocycles. The number of carbonyl (C=O) groups excluding carboxylic acids is 1. The third-order valence-electron chi connectivity index (χ3n) is 3.02. The average Bonchev–Trinajstić information content (AvgIpc) is 2.26. The van der Waals surface area contributed by atoms with E-state index >= 15 is 0 Å². The lowest BCUT2D eigenvalue weighted by Crippen LogP contribution is -2.53. The van der Waals surface area contributed by atoms with Crippen LogP contribution >= 0.6 is 0 Å². The van der Waals surface area contributed by atoms with Gasteiger partial charge in [-0.2, -0.15) is 5.26 Å². The number of carbonyl (C=O) groups is 1. The first-order chi connectivity index (χ1) is 8.31. The van der Waals surface area contributed by atoms with E-state index in [1.54, 1.807) is 0 Å². The number of hydrogen-bond donors (Lipinski definition) is 1. The molecular formula is C13H24N4O. The molecule has 18 heavy (non-hydrogen) atoms. The Morgan fingerprint density at radius 1 is 1.33 bits per heavy atom. The Morgan fingerprint density at radius 2 is 1.89 bits per heavy atom. The van der Waals surface area contributed by atoms with Crippen LogP contribution in [0, 0.1) is 11.3 Å². The molecule has 1 fully saturated rings. The highest BCUT2D eigenvalue weighted by Crippen LogP contribution is 2.06. The summed E-state index contributed by atoms with van der Waals surface area (Å²) in [4.78, 5) is 16.1. The second kappa shape index (κ2) is 6.17. The zero-order valence-corrected chi connectivity index (χ0v) is 11.9. The molecule has 5 nitrogen and oxygen atoms in total. The van der Waals surface area contributed by atoms with E-state index in [-0.39, 0.29) is 17.5 Å². The molecule has 5 heteroatoms. The van der Waals surface area contributed by atoms with Crippen molar-refractivity contribution in [2.24, 2.45) is 0 Å². The van der Waals surface area contributed by atoms with E-state index < -0.39 is 0 Å². The van der Waals surface area contributed by atoms with Gasteiger partial charge < -0.3 is 5.32 Å². The second-order valence-electron chi connectivity index (χ2n) is 5.92. The molecule has 1 heterocycles. The maximum Gasteiger partial charge on any atom is 0.234 e. The van der Waals surface area contributed by atoms with Crippen LogP contribution in [-0.2, 0) is 4.79 Å². The van der Waals surface area contributed by atoms with Crippen LogP contribution in [-0.4, -0.2) is 60.0 Å². The van der Waals surface area contributed by atoms with Gasteiger partial charge in [0.15, 0.2) is 0 Å². The molecule has 0 aliphatic carbocycles. The summed E-state index contributed by atoms with van der Waals surface area (Å²) < 4.78 is 0. The van der Waals surface area contributed by atoms with E-state index in [1.807, 2.05) is 27.7 Å². The topological polar surface area (TPSA) is 59.4 Å². The molecule has 0 spiro atoms. The first kappa shape index (κ1) is 14.9. The van der Waals surface area contributed by atoms with E-state index in [2.05, 4.69) is 21.2 Å². The lowest BCUT2D eigenvalue weighted by molar-refractivity contribution is -0.124. The standard InChI is InChI=1S/C13H24N4O/c1-11(9-14)17-7-5-16(6-8-17)10-12(18)15-13(2,3)4/h11H,5-8,10H2,1-4H3,(H,15,18). The molecule has 1 aliphatic rings. The fraction of sp³-hybridized carbons (Fsp3) is 0.846. The highest BCUT2D eigenvalue weighted by molar-refractivity contribution is 5.78. The Morgan fingerprint density at radius 3 is 2.33 bits per heavy atom. The van der Waals surface area contributed by atoms with Gasteiger partial charge in [0, 0.05) is 31.7 Å².